The van der Waals surface area contributed by atoms with Gasteiger partial charge in [-0.25, -0.2) is 4.98 Å². The molecule has 1 saturated heterocycles. The van der Waals surface area contributed by atoms with Crippen LogP contribution in [0.3, 0.4) is 0 Å². The van der Waals surface area contributed by atoms with Gasteiger partial charge in [-0.05, 0) is 39.4 Å². The number of carbonyl (C=O) groups is 1. The minimum Gasteiger partial charge on any atom is -0.370 e. The highest BCUT2D eigenvalue weighted by Gasteiger charge is 2.33. The molecular weight excluding hydrogens is 264 g/mol. The van der Waals surface area contributed by atoms with Crippen molar-refractivity contribution in [3.05, 3.63) is 23.9 Å². The van der Waals surface area contributed by atoms with Gasteiger partial charge in [0, 0.05) is 43.5 Å². The normalized spacial score (nSPS) is 18.6. The number of nitrogens with zero attached hydrogens (tertiary/aromatic N) is 3. The van der Waals surface area contributed by atoms with Gasteiger partial charge in [0.1, 0.15) is 5.82 Å². The Kier molecular flexibility index (Phi) is 4.83. The van der Waals surface area contributed by atoms with Crippen LogP contribution in [0.5, 0.6) is 0 Å². The molecular formula is C16H26N4O. The van der Waals surface area contributed by atoms with Crippen molar-refractivity contribution in [1.82, 2.24) is 14.8 Å². The van der Waals surface area contributed by atoms with E-state index in [1.54, 1.807) is 12.3 Å². The highest BCUT2D eigenvalue weighted by molar-refractivity contribution is 5.95. The molecule has 116 valence electrons. The van der Waals surface area contributed by atoms with Crippen molar-refractivity contribution < 1.29 is 4.79 Å². The second-order valence-electron chi connectivity index (χ2n) is 6.32. The maximum absolute atomic E-state index is 12.7. The molecule has 5 heteroatoms. The molecule has 0 radical (unpaired) electrons. The molecule has 2 heterocycles. The lowest BCUT2D eigenvalue weighted by Gasteiger charge is -2.45. The van der Waals surface area contributed by atoms with Crippen molar-refractivity contribution in [3.8, 4) is 0 Å². The van der Waals surface area contributed by atoms with Crippen LogP contribution in [0, 0.1) is 0 Å². The molecule has 0 aromatic carbocycles. The average Bonchev–Trinajstić information content (AvgIpc) is 2.47. The van der Waals surface area contributed by atoms with Crippen LogP contribution in [0.2, 0.25) is 0 Å². The number of hydrogen-bond acceptors (Lipinski definition) is 4. The summed E-state index contributed by atoms with van der Waals surface area (Å²) in [6.07, 6.45) is 2.74. The lowest BCUT2D eigenvalue weighted by Crippen LogP contribution is -2.58. The molecule has 1 aliphatic heterocycles. The summed E-state index contributed by atoms with van der Waals surface area (Å²) >= 11 is 0. The van der Waals surface area contributed by atoms with Gasteiger partial charge in [0.15, 0.2) is 0 Å². The van der Waals surface area contributed by atoms with Crippen molar-refractivity contribution in [1.29, 1.82) is 0 Å². The molecule has 1 aromatic heterocycles. The van der Waals surface area contributed by atoms with E-state index in [2.05, 4.69) is 43.0 Å². The molecule has 21 heavy (non-hydrogen) atoms. The Bertz CT molecular complexity index is 501. The van der Waals surface area contributed by atoms with Crippen LogP contribution in [0.15, 0.2) is 18.3 Å². The summed E-state index contributed by atoms with van der Waals surface area (Å²) in [4.78, 5) is 21.2. The number of likely N-dealkylation sites (N-methyl/N-ethyl adjacent to an activating group) is 1. The zero-order chi connectivity index (χ0) is 15.5. The summed E-state index contributed by atoms with van der Waals surface area (Å²) in [5.74, 6) is 0.870. The van der Waals surface area contributed by atoms with E-state index in [0.717, 1.165) is 38.4 Å². The van der Waals surface area contributed by atoms with Crippen molar-refractivity contribution in [2.45, 2.75) is 32.7 Å². The maximum Gasteiger partial charge on any atom is 0.254 e. The number of piperazine rings is 1. The zero-order valence-corrected chi connectivity index (χ0v) is 13.5. The predicted molar refractivity (Wildman–Crippen MR) is 85.6 cm³/mol. The van der Waals surface area contributed by atoms with E-state index < -0.39 is 0 Å². The van der Waals surface area contributed by atoms with Crippen LogP contribution in [-0.4, -0.2) is 59.5 Å². The second kappa shape index (κ2) is 6.43. The van der Waals surface area contributed by atoms with Gasteiger partial charge in [-0.1, -0.05) is 6.92 Å². The minimum atomic E-state index is 0.0181. The Labute approximate surface area is 127 Å². The highest BCUT2D eigenvalue weighted by Crippen LogP contribution is 2.21. The van der Waals surface area contributed by atoms with Crippen molar-refractivity contribution >= 4 is 11.7 Å². The standard InChI is InChI=1S/C16H26N4O/c1-5-7-17-14-11-13(6-8-18-14)15(21)20-10-9-19(4)16(2,3)12-20/h6,8,11H,5,7,9-10,12H2,1-4H3,(H,17,18). The van der Waals surface area contributed by atoms with Gasteiger partial charge in [-0.15, -0.1) is 0 Å². The SMILES string of the molecule is CCCNc1cc(C(=O)N2CCN(C)C(C)(C)C2)ccn1. The first kappa shape index (κ1) is 15.8. The fourth-order valence-corrected chi connectivity index (χ4v) is 2.51. The van der Waals surface area contributed by atoms with Gasteiger partial charge in [0.2, 0.25) is 0 Å². The average molecular weight is 290 g/mol. The molecule has 0 spiro atoms. The van der Waals surface area contributed by atoms with Gasteiger partial charge < -0.3 is 10.2 Å². The topological polar surface area (TPSA) is 48.5 Å². The molecule has 0 unspecified atom stereocenters. The van der Waals surface area contributed by atoms with Crippen molar-refractivity contribution in [3.63, 3.8) is 0 Å². The fourth-order valence-electron chi connectivity index (χ4n) is 2.51. The van der Waals surface area contributed by atoms with Crippen LogP contribution in [0.25, 0.3) is 0 Å². The van der Waals surface area contributed by atoms with Gasteiger partial charge in [0.25, 0.3) is 5.91 Å². The number of aromatic nitrogens is 1. The third-order valence-corrected chi connectivity index (χ3v) is 4.17. The molecule has 0 saturated carbocycles. The molecule has 1 amide bonds. The lowest BCUT2D eigenvalue weighted by molar-refractivity contribution is 0.0311. The second-order valence-corrected chi connectivity index (χ2v) is 6.32. The van der Waals surface area contributed by atoms with E-state index >= 15 is 0 Å². The Hall–Kier alpha value is -1.62. The van der Waals surface area contributed by atoms with Crippen LogP contribution >= 0.6 is 0 Å². The Morgan fingerprint density at radius 2 is 2.19 bits per heavy atom. The van der Waals surface area contributed by atoms with Crippen molar-refractivity contribution in [2.75, 3.05) is 38.5 Å². The number of pyridine rings is 1. The molecule has 1 aliphatic rings. The molecule has 1 aromatic rings. The lowest BCUT2D eigenvalue weighted by atomic mass is 9.99. The number of hydrogen-bond donors (Lipinski definition) is 1. The Morgan fingerprint density at radius 3 is 2.86 bits per heavy atom. The molecule has 1 fully saturated rings. The van der Waals surface area contributed by atoms with Crippen LogP contribution in [0.4, 0.5) is 5.82 Å². The predicted octanol–water partition coefficient (Wildman–Crippen LogP) is 2.07. The molecule has 2 rings (SSSR count). The molecule has 0 atom stereocenters. The van der Waals surface area contributed by atoms with Gasteiger partial charge in [-0.3, -0.25) is 9.69 Å². The monoisotopic (exact) mass is 290 g/mol. The third-order valence-electron chi connectivity index (χ3n) is 4.17. The van der Waals surface area contributed by atoms with Crippen LogP contribution in [-0.2, 0) is 0 Å². The maximum atomic E-state index is 12.7. The Balaban J connectivity index is 2.09. The summed E-state index contributed by atoms with van der Waals surface area (Å²) < 4.78 is 0. The largest absolute Gasteiger partial charge is 0.370 e. The van der Waals surface area contributed by atoms with Gasteiger partial charge >= 0.3 is 0 Å². The van der Waals surface area contributed by atoms with E-state index in [0.29, 0.717) is 5.56 Å². The fraction of sp³-hybridized carbons (Fsp3) is 0.625. The number of carbonyl (C=O) groups excluding carboxylic acids is 1. The molecule has 0 bridgehead atoms. The quantitative estimate of drug-likeness (QED) is 0.922. The smallest absolute Gasteiger partial charge is 0.254 e. The van der Waals surface area contributed by atoms with E-state index in [1.165, 1.54) is 0 Å². The van der Waals surface area contributed by atoms with Crippen molar-refractivity contribution in [2.24, 2.45) is 0 Å². The summed E-state index contributed by atoms with van der Waals surface area (Å²) in [6, 6.07) is 3.65. The third kappa shape index (κ3) is 3.73. The van der Waals surface area contributed by atoms with Gasteiger partial charge in [-0.2, -0.15) is 0 Å². The molecule has 5 nitrogen and oxygen atoms in total. The molecule has 0 aliphatic carbocycles. The number of rotatable bonds is 4. The minimum absolute atomic E-state index is 0.0181. The van der Waals surface area contributed by atoms with Crippen LogP contribution in [0.1, 0.15) is 37.6 Å². The van der Waals surface area contributed by atoms with E-state index in [-0.39, 0.29) is 11.4 Å². The first-order chi connectivity index (χ1) is 9.94. The summed E-state index contributed by atoms with van der Waals surface area (Å²) in [5.41, 5.74) is 0.730. The summed E-state index contributed by atoms with van der Waals surface area (Å²) in [6.45, 7) is 9.76. The van der Waals surface area contributed by atoms with Crippen LogP contribution < -0.4 is 5.32 Å². The van der Waals surface area contributed by atoms with E-state index in [9.17, 15) is 4.79 Å². The first-order valence-electron chi connectivity index (χ1n) is 7.64. The first-order valence-corrected chi connectivity index (χ1v) is 7.64. The van der Waals surface area contributed by atoms with E-state index in [1.807, 2.05) is 11.0 Å². The number of nitrogens with one attached hydrogen (secondary N) is 1. The van der Waals surface area contributed by atoms with Gasteiger partial charge in [0.05, 0.1) is 0 Å². The number of anilines is 1. The number of amides is 1. The van der Waals surface area contributed by atoms with E-state index in [4.69, 9.17) is 0 Å². The Morgan fingerprint density at radius 1 is 1.43 bits per heavy atom. The summed E-state index contributed by atoms with van der Waals surface area (Å²) in [7, 11) is 2.11. The molecule has 1 N–H and O–H groups in total. The zero-order valence-electron chi connectivity index (χ0n) is 13.5. The highest BCUT2D eigenvalue weighted by atomic mass is 16.2. The summed E-state index contributed by atoms with van der Waals surface area (Å²) in [5, 5.41) is 3.23.